The number of carbonyl (C=O) groups is 2. The molecule has 9 heteroatoms. The predicted molar refractivity (Wildman–Crippen MR) is 125 cm³/mol. The Balaban J connectivity index is 1.79. The normalized spacial score (nSPS) is 19.6. The largest absolute Gasteiger partial charge is 0.480 e. The molecule has 1 saturated heterocycles. The van der Waals surface area contributed by atoms with Crippen LogP contribution in [-0.2, 0) is 23.8 Å². The summed E-state index contributed by atoms with van der Waals surface area (Å²) in [5, 5.41) is 0. The Hall–Kier alpha value is 0.110. The summed E-state index contributed by atoms with van der Waals surface area (Å²) in [6.07, 6.45) is 0.625. The van der Waals surface area contributed by atoms with E-state index in [-0.39, 0.29) is 37.3 Å². The number of hydrogen-bond acceptors (Lipinski definition) is 6. The molecule has 0 unspecified atom stereocenters. The van der Waals surface area contributed by atoms with E-state index in [0.29, 0.717) is 25.2 Å². The van der Waals surface area contributed by atoms with Crippen molar-refractivity contribution < 1.29 is 28.5 Å². The third kappa shape index (κ3) is 7.80. The zero-order valence-corrected chi connectivity index (χ0v) is 21.5. The summed E-state index contributed by atoms with van der Waals surface area (Å²) >= 11 is 6.62. The Labute approximate surface area is 199 Å². The van der Waals surface area contributed by atoms with E-state index in [1.54, 1.807) is 13.8 Å². The van der Waals surface area contributed by atoms with Gasteiger partial charge in [0, 0.05) is 16.4 Å². The van der Waals surface area contributed by atoms with Gasteiger partial charge in [0.2, 0.25) is 0 Å². The van der Waals surface area contributed by atoms with E-state index in [4.69, 9.17) is 18.9 Å². The highest BCUT2D eigenvalue weighted by Crippen LogP contribution is 2.29. The van der Waals surface area contributed by atoms with Crippen molar-refractivity contribution in [2.24, 2.45) is 5.92 Å². The molecule has 1 aromatic carbocycles. The summed E-state index contributed by atoms with van der Waals surface area (Å²) in [7, 11) is 0. The van der Waals surface area contributed by atoms with Gasteiger partial charge in [-0.2, -0.15) is 0 Å². The minimum absolute atomic E-state index is 0.142. The lowest BCUT2D eigenvalue weighted by atomic mass is 10.1. The number of hydrogen-bond donors (Lipinski definition) is 0. The highest BCUT2D eigenvalue weighted by molar-refractivity contribution is 14.1. The molecule has 1 fully saturated rings. The first-order chi connectivity index (χ1) is 12.8. The van der Waals surface area contributed by atoms with Crippen LogP contribution in [0.4, 0.5) is 0 Å². The SMILES string of the molecule is CC(C)C(=O)OC[C@@H]1C[C@H](OC(=O)COc2c(I)cc(I)cc2I)CCO1. The lowest BCUT2D eigenvalue weighted by Crippen LogP contribution is -2.36. The molecule has 2 atom stereocenters. The van der Waals surface area contributed by atoms with Crippen molar-refractivity contribution in [1.29, 1.82) is 0 Å². The molecular formula is C18H21I3O6. The van der Waals surface area contributed by atoms with Crippen LogP contribution in [0.15, 0.2) is 12.1 Å². The second kappa shape index (κ2) is 11.3. The van der Waals surface area contributed by atoms with Gasteiger partial charge in [-0.3, -0.25) is 4.79 Å². The van der Waals surface area contributed by atoms with Crippen LogP contribution in [0.25, 0.3) is 0 Å². The summed E-state index contributed by atoms with van der Waals surface area (Å²) in [5.41, 5.74) is 0. The topological polar surface area (TPSA) is 71.1 Å². The average Bonchev–Trinajstić information content (AvgIpc) is 2.58. The van der Waals surface area contributed by atoms with Crippen LogP contribution < -0.4 is 4.74 Å². The van der Waals surface area contributed by atoms with Gasteiger partial charge in [0.15, 0.2) is 6.61 Å². The summed E-state index contributed by atoms with van der Waals surface area (Å²) in [6.45, 7) is 4.07. The molecule has 1 aliphatic rings. The molecular weight excluding hydrogens is 693 g/mol. The molecule has 0 saturated carbocycles. The van der Waals surface area contributed by atoms with E-state index in [1.807, 2.05) is 12.1 Å². The zero-order valence-electron chi connectivity index (χ0n) is 15.0. The minimum atomic E-state index is -0.412. The highest BCUT2D eigenvalue weighted by atomic mass is 127. The number of esters is 2. The fourth-order valence-corrected chi connectivity index (χ4v) is 6.32. The molecule has 0 amide bonds. The molecule has 0 aliphatic carbocycles. The lowest BCUT2D eigenvalue weighted by Gasteiger charge is -2.29. The van der Waals surface area contributed by atoms with Crippen LogP contribution in [0.3, 0.4) is 0 Å². The monoisotopic (exact) mass is 714 g/mol. The Morgan fingerprint density at radius 3 is 2.52 bits per heavy atom. The van der Waals surface area contributed by atoms with Crippen molar-refractivity contribution >= 4 is 79.7 Å². The van der Waals surface area contributed by atoms with Crippen molar-refractivity contribution in [1.82, 2.24) is 0 Å². The maximum absolute atomic E-state index is 12.2. The summed E-state index contributed by atoms with van der Waals surface area (Å²) in [6, 6.07) is 3.98. The summed E-state index contributed by atoms with van der Waals surface area (Å²) in [4.78, 5) is 23.7. The highest BCUT2D eigenvalue weighted by Gasteiger charge is 2.27. The van der Waals surface area contributed by atoms with Crippen LogP contribution in [0, 0.1) is 16.6 Å². The molecule has 6 nitrogen and oxygen atoms in total. The van der Waals surface area contributed by atoms with E-state index >= 15 is 0 Å². The molecule has 0 aromatic heterocycles. The number of halogens is 3. The van der Waals surface area contributed by atoms with E-state index in [0.717, 1.165) is 10.7 Å². The van der Waals surface area contributed by atoms with Gasteiger partial charge in [0.1, 0.15) is 18.5 Å². The Kier molecular flexibility index (Phi) is 9.82. The number of carbonyl (C=O) groups excluding carboxylic acids is 2. The minimum Gasteiger partial charge on any atom is -0.480 e. The smallest absolute Gasteiger partial charge is 0.344 e. The molecule has 2 rings (SSSR count). The Morgan fingerprint density at radius 2 is 1.89 bits per heavy atom. The molecule has 1 aromatic rings. The second-order valence-corrected chi connectivity index (χ2v) is 9.97. The molecule has 1 heterocycles. The molecule has 0 bridgehead atoms. The molecule has 0 spiro atoms. The fourth-order valence-electron chi connectivity index (χ4n) is 2.43. The van der Waals surface area contributed by atoms with E-state index in [9.17, 15) is 9.59 Å². The number of benzene rings is 1. The molecule has 150 valence electrons. The van der Waals surface area contributed by atoms with E-state index in [2.05, 4.69) is 67.8 Å². The lowest BCUT2D eigenvalue weighted by molar-refractivity contribution is -0.165. The average molecular weight is 714 g/mol. The Bertz CT molecular complexity index is 656. The molecule has 0 N–H and O–H groups in total. The van der Waals surface area contributed by atoms with Crippen LogP contribution in [-0.4, -0.2) is 44.0 Å². The fraction of sp³-hybridized carbons (Fsp3) is 0.556. The van der Waals surface area contributed by atoms with Gasteiger partial charge in [0.05, 0.1) is 25.8 Å². The Morgan fingerprint density at radius 1 is 1.22 bits per heavy atom. The first-order valence-corrected chi connectivity index (χ1v) is 11.7. The molecule has 0 radical (unpaired) electrons. The standard InChI is InChI=1S/C18H21I3O6/c1-10(2)18(23)26-8-13-7-12(3-4-24-13)27-16(22)9-25-17-14(20)5-11(19)6-15(17)21/h5-6,10,12-13H,3-4,7-9H2,1-2H3/t12-,13+/m1/s1. The van der Waals surface area contributed by atoms with Crippen LogP contribution in [0.1, 0.15) is 26.7 Å². The molecule has 1 aliphatic heterocycles. The first-order valence-electron chi connectivity index (χ1n) is 8.51. The summed E-state index contributed by atoms with van der Waals surface area (Å²) in [5.74, 6) is -0.150. The van der Waals surface area contributed by atoms with Crippen molar-refractivity contribution in [3.05, 3.63) is 22.8 Å². The van der Waals surface area contributed by atoms with Gasteiger partial charge < -0.3 is 18.9 Å². The van der Waals surface area contributed by atoms with Crippen molar-refractivity contribution in [2.45, 2.75) is 38.9 Å². The van der Waals surface area contributed by atoms with Gasteiger partial charge >= 0.3 is 11.9 Å². The third-order valence-corrected chi connectivity index (χ3v) is 6.02. The van der Waals surface area contributed by atoms with Gasteiger partial charge in [-0.15, -0.1) is 0 Å². The van der Waals surface area contributed by atoms with Gasteiger partial charge in [0.25, 0.3) is 0 Å². The van der Waals surface area contributed by atoms with Crippen molar-refractivity contribution in [2.75, 3.05) is 19.8 Å². The maximum atomic E-state index is 12.2. The first kappa shape index (κ1) is 23.4. The number of ether oxygens (including phenoxy) is 4. The van der Waals surface area contributed by atoms with Gasteiger partial charge in [-0.1, -0.05) is 13.8 Å². The van der Waals surface area contributed by atoms with E-state index in [1.165, 1.54) is 0 Å². The van der Waals surface area contributed by atoms with Gasteiger partial charge in [-0.05, 0) is 79.9 Å². The quantitative estimate of drug-likeness (QED) is 0.313. The van der Waals surface area contributed by atoms with Crippen LogP contribution >= 0.6 is 67.8 Å². The second-order valence-electron chi connectivity index (χ2n) is 6.40. The van der Waals surface area contributed by atoms with Crippen LogP contribution in [0.2, 0.25) is 0 Å². The van der Waals surface area contributed by atoms with E-state index < -0.39 is 5.97 Å². The van der Waals surface area contributed by atoms with Crippen molar-refractivity contribution in [3.63, 3.8) is 0 Å². The third-order valence-electron chi connectivity index (χ3n) is 3.80. The van der Waals surface area contributed by atoms with Crippen molar-refractivity contribution in [3.8, 4) is 5.75 Å². The number of rotatable bonds is 7. The molecule has 27 heavy (non-hydrogen) atoms. The van der Waals surface area contributed by atoms with Crippen LogP contribution in [0.5, 0.6) is 5.75 Å². The van der Waals surface area contributed by atoms with Gasteiger partial charge in [-0.25, -0.2) is 4.79 Å². The predicted octanol–water partition coefficient (Wildman–Crippen LogP) is 4.17. The maximum Gasteiger partial charge on any atom is 0.344 e. The zero-order chi connectivity index (χ0) is 20.0. The summed E-state index contributed by atoms with van der Waals surface area (Å²) < 4.78 is 25.0.